The summed E-state index contributed by atoms with van der Waals surface area (Å²) in [6, 6.07) is 13.5. The first kappa shape index (κ1) is 17.9. The second-order valence-corrected chi connectivity index (χ2v) is 6.35. The van der Waals surface area contributed by atoms with Crippen LogP contribution in [0.3, 0.4) is 0 Å². The Kier molecular flexibility index (Phi) is 5.19. The van der Waals surface area contributed by atoms with Crippen molar-refractivity contribution < 1.29 is 19.1 Å². The standard InChI is InChI=1S/C20H18ClNO4/c1-12-3-5-15(9-13(12)2)25-11-16-6-8-19(26-16)20(24)22-17-10-14(21)4-7-18(17)23/h3-10,23H,11H2,1-2H3,(H,22,24). The molecule has 0 fully saturated rings. The first-order valence-corrected chi connectivity index (χ1v) is 8.39. The number of rotatable bonds is 5. The van der Waals surface area contributed by atoms with Gasteiger partial charge in [0, 0.05) is 5.02 Å². The predicted octanol–water partition coefficient (Wildman–Crippen LogP) is 5.09. The molecule has 0 saturated carbocycles. The second kappa shape index (κ2) is 7.54. The Balaban J connectivity index is 1.64. The molecule has 1 heterocycles. The van der Waals surface area contributed by atoms with Gasteiger partial charge in [0.1, 0.15) is 23.9 Å². The quantitative estimate of drug-likeness (QED) is 0.613. The minimum absolute atomic E-state index is 0.0763. The number of aryl methyl sites for hydroxylation is 2. The molecule has 0 aliphatic heterocycles. The van der Waals surface area contributed by atoms with Crippen molar-refractivity contribution >= 4 is 23.2 Å². The number of hydrogen-bond acceptors (Lipinski definition) is 4. The first-order chi connectivity index (χ1) is 12.4. The van der Waals surface area contributed by atoms with Gasteiger partial charge in [-0.25, -0.2) is 0 Å². The highest BCUT2D eigenvalue weighted by molar-refractivity contribution is 6.31. The first-order valence-electron chi connectivity index (χ1n) is 8.01. The Morgan fingerprint density at radius 2 is 1.92 bits per heavy atom. The van der Waals surface area contributed by atoms with Crippen LogP contribution in [0.25, 0.3) is 0 Å². The number of amides is 1. The SMILES string of the molecule is Cc1ccc(OCc2ccc(C(=O)Nc3cc(Cl)ccc3O)o2)cc1C. The molecule has 2 aromatic carbocycles. The van der Waals surface area contributed by atoms with E-state index in [1.165, 1.54) is 23.8 Å². The third kappa shape index (κ3) is 4.18. The largest absolute Gasteiger partial charge is 0.506 e. The molecule has 6 heteroatoms. The minimum Gasteiger partial charge on any atom is -0.506 e. The van der Waals surface area contributed by atoms with Crippen molar-refractivity contribution in [2.45, 2.75) is 20.5 Å². The number of carbonyl (C=O) groups is 1. The number of benzene rings is 2. The molecule has 0 aliphatic rings. The predicted molar refractivity (Wildman–Crippen MR) is 100 cm³/mol. The third-order valence-corrected chi connectivity index (χ3v) is 4.19. The van der Waals surface area contributed by atoms with E-state index in [-0.39, 0.29) is 23.8 Å². The molecule has 0 aliphatic carbocycles. The van der Waals surface area contributed by atoms with Crippen LogP contribution >= 0.6 is 11.6 Å². The van der Waals surface area contributed by atoms with E-state index in [9.17, 15) is 9.90 Å². The van der Waals surface area contributed by atoms with Crippen LogP contribution in [0.1, 0.15) is 27.4 Å². The number of hydrogen-bond donors (Lipinski definition) is 2. The number of ether oxygens (including phenoxy) is 1. The molecular weight excluding hydrogens is 354 g/mol. The Morgan fingerprint density at radius 3 is 2.69 bits per heavy atom. The summed E-state index contributed by atoms with van der Waals surface area (Å²) in [5.41, 5.74) is 2.55. The zero-order chi connectivity index (χ0) is 18.7. The molecule has 0 saturated heterocycles. The van der Waals surface area contributed by atoms with Gasteiger partial charge in [0.15, 0.2) is 5.76 Å². The van der Waals surface area contributed by atoms with Gasteiger partial charge in [-0.3, -0.25) is 4.79 Å². The number of furan rings is 1. The van der Waals surface area contributed by atoms with E-state index in [1.807, 2.05) is 32.0 Å². The highest BCUT2D eigenvalue weighted by Crippen LogP contribution is 2.27. The maximum absolute atomic E-state index is 12.2. The van der Waals surface area contributed by atoms with Crippen LogP contribution in [0.4, 0.5) is 5.69 Å². The molecule has 5 nitrogen and oxygen atoms in total. The fourth-order valence-electron chi connectivity index (χ4n) is 2.33. The summed E-state index contributed by atoms with van der Waals surface area (Å²) in [6.07, 6.45) is 0. The zero-order valence-electron chi connectivity index (χ0n) is 14.4. The van der Waals surface area contributed by atoms with Crippen molar-refractivity contribution in [3.05, 3.63) is 76.2 Å². The van der Waals surface area contributed by atoms with Gasteiger partial charge in [-0.1, -0.05) is 17.7 Å². The summed E-state index contributed by atoms with van der Waals surface area (Å²) in [6.45, 7) is 4.26. The second-order valence-electron chi connectivity index (χ2n) is 5.92. The van der Waals surface area contributed by atoms with Gasteiger partial charge in [-0.15, -0.1) is 0 Å². The molecule has 26 heavy (non-hydrogen) atoms. The number of phenolic OH excluding ortho intramolecular Hbond substituents is 1. The lowest BCUT2D eigenvalue weighted by Crippen LogP contribution is -2.11. The van der Waals surface area contributed by atoms with Crippen LogP contribution in [0, 0.1) is 13.8 Å². The smallest absolute Gasteiger partial charge is 0.291 e. The van der Waals surface area contributed by atoms with Crippen molar-refractivity contribution in [2.75, 3.05) is 5.32 Å². The molecule has 1 amide bonds. The van der Waals surface area contributed by atoms with Gasteiger partial charge < -0.3 is 19.6 Å². The average molecular weight is 372 g/mol. The molecule has 0 unspecified atom stereocenters. The van der Waals surface area contributed by atoms with Crippen LogP contribution in [0.15, 0.2) is 52.9 Å². The zero-order valence-corrected chi connectivity index (χ0v) is 15.1. The molecular formula is C20H18ClNO4. The summed E-state index contributed by atoms with van der Waals surface area (Å²) in [4.78, 5) is 12.2. The van der Waals surface area contributed by atoms with E-state index in [0.717, 1.165) is 11.3 Å². The summed E-state index contributed by atoms with van der Waals surface area (Å²) < 4.78 is 11.2. The van der Waals surface area contributed by atoms with Gasteiger partial charge in [-0.2, -0.15) is 0 Å². The molecule has 2 N–H and O–H groups in total. The molecule has 0 bridgehead atoms. The van der Waals surface area contributed by atoms with Crippen LogP contribution in [-0.4, -0.2) is 11.0 Å². The molecule has 134 valence electrons. The normalized spacial score (nSPS) is 10.6. The van der Waals surface area contributed by atoms with Crippen LogP contribution in [-0.2, 0) is 6.61 Å². The van der Waals surface area contributed by atoms with Crippen molar-refractivity contribution in [3.8, 4) is 11.5 Å². The summed E-state index contributed by atoms with van der Waals surface area (Å²) in [7, 11) is 0. The lowest BCUT2D eigenvalue weighted by Gasteiger charge is -2.07. The Morgan fingerprint density at radius 1 is 1.12 bits per heavy atom. The van der Waals surface area contributed by atoms with E-state index in [2.05, 4.69) is 5.32 Å². The number of halogens is 1. The topological polar surface area (TPSA) is 71.7 Å². The molecule has 0 radical (unpaired) electrons. The Hall–Kier alpha value is -2.92. The molecule has 0 spiro atoms. The van der Waals surface area contributed by atoms with Gasteiger partial charge in [-0.05, 0) is 67.4 Å². The fourth-order valence-corrected chi connectivity index (χ4v) is 2.50. The Bertz CT molecular complexity index is 949. The molecule has 3 aromatic rings. The number of nitrogens with one attached hydrogen (secondary N) is 1. The molecule has 3 rings (SSSR count). The summed E-state index contributed by atoms with van der Waals surface area (Å²) >= 11 is 5.87. The van der Waals surface area contributed by atoms with Gasteiger partial charge in [0.25, 0.3) is 5.91 Å². The fraction of sp³-hybridized carbons (Fsp3) is 0.150. The average Bonchev–Trinajstić information content (AvgIpc) is 3.08. The maximum atomic E-state index is 12.2. The summed E-state index contributed by atoms with van der Waals surface area (Å²) in [5, 5.41) is 12.7. The highest BCUT2D eigenvalue weighted by atomic mass is 35.5. The van der Waals surface area contributed by atoms with E-state index >= 15 is 0 Å². The maximum Gasteiger partial charge on any atom is 0.291 e. The highest BCUT2D eigenvalue weighted by Gasteiger charge is 2.14. The monoisotopic (exact) mass is 371 g/mol. The van der Waals surface area contributed by atoms with Gasteiger partial charge in [0.05, 0.1) is 5.69 Å². The van der Waals surface area contributed by atoms with E-state index in [0.29, 0.717) is 10.8 Å². The number of aromatic hydroxyl groups is 1. The van der Waals surface area contributed by atoms with E-state index < -0.39 is 5.91 Å². The summed E-state index contributed by atoms with van der Waals surface area (Å²) in [5.74, 6) is 0.804. The van der Waals surface area contributed by atoms with Gasteiger partial charge in [0.2, 0.25) is 0 Å². The Labute approximate surface area is 156 Å². The minimum atomic E-state index is -0.486. The van der Waals surface area contributed by atoms with Crippen LogP contribution in [0.2, 0.25) is 5.02 Å². The number of anilines is 1. The number of phenols is 1. The molecule has 1 aromatic heterocycles. The van der Waals surface area contributed by atoms with Crippen molar-refractivity contribution in [2.24, 2.45) is 0 Å². The van der Waals surface area contributed by atoms with Crippen molar-refractivity contribution in [1.29, 1.82) is 0 Å². The molecule has 0 atom stereocenters. The lowest BCUT2D eigenvalue weighted by molar-refractivity contribution is 0.0992. The van der Waals surface area contributed by atoms with Gasteiger partial charge >= 0.3 is 0 Å². The van der Waals surface area contributed by atoms with Crippen molar-refractivity contribution in [3.63, 3.8) is 0 Å². The van der Waals surface area contributed by atoms with Crippen molar-refractivity contribution in [1.82, 2.24) is 0 Å². The van der Waals surface area contributed by atoms with Crippen LogP contribution in [0.5, 0.6) is 11.5 Å². The van der Waals surface area contributed by atoms with E-state index in [4.69, 9.17) is 20.8 Å². The van der Waals surface area contributed by atoms with Crippen LogP contribution < -0.4 is 10.1 Å². The lowest BCUT2D eigenvalue weighted by atomic mass is 10.1. The third-order valence-electron chi connectivity index (χ3n) is 3.95. The number of carbonyl (C=O) groups excluding carboxylic acids is 1. The van der Waals surface area contributed by atoms with E-state index in [1.54, 1.807) is 12.1 Å².